The number of carbonyl (C=O) groups is 4. The Morgan fingerprint density at radius 1 is 0.482 bits per heavy atom. The van der Waals surface area contributed by atoms with Gasteiger partial charge in [-0.3, -0.25) is 24.5 Å². The Balaban J connectivity index is -0.000000219. The number of nitrogens with zero attached hydrogens (tertiary/aromatic N) is 18. The third-order valence-electron chi connectivity index (χ3n) is 8.54. The van der Waals surface area contributed by atoms with E-state index < -0.39 is 46.3 Å². The van der Waals surface area contributed by atoms with Crippen molar-refractivity contribution >= 4 is 176 Å². The summed E-state index contributed by atoms with van der Waals surface area (Å²) in [7, 11) is 9.91. The number of hydrogen-bond acceptors (Lipinski definition) is 34. The predicted octanol–water partition coefficient (Wildman–Crippen LogP) is 9.74. The van der Waals surface area contributed by atoms with E-state index in [2.05, 4.69) is 98.0 Å². The molecular formula is C63H83Cl6CuI2KN23O14. The molecule has 47 heteroatoms. The fourth-order valence-electron chi connectivity index (χ4n) is 5.26. The Kier molecular flexibility index (Phi) is 66.1. The number of methoxy groups -OCH3 is 3. The summed E-state index contributed by atoms with van der Waals surface area (Å²) in [6, 6.07) is 0. The standard InChI is InChI=1S/C12H15N3O3.C12H19N3O3.C10H18O5.C6H6N4O.C5H3ClN4.C4H2Cl2N2.C4H3ClIN3.C4H4ClN3.C4H9O.CN.CH4O.ClI.Cu.K/c1-12(2,3)18-9(16)6-8-7-14-10(13-4)11(15-8)17-5;1-12(2,3)18-10(16)5-8-7-14-9(6-13)11(15-8)17-4;1-9(2,3)14-7(11)13-8(12)15-10(4,5)6;1-8-5-6(11-2)10-4(7)3-9-5;1-8-5-4(6)10-3(7)2-9-5;5-3-1-7-2-4(6)8-3;5-3-4(6)8-1-2(7)9-3;5-3-1-7-2-4(6)8-3;1-4(2,3)5;3*1-2;;/h7H,6H2,1-3,5H3;7H,5-6,13H2,1-4H3;1-6H3;3H,2H3,(H2,7,10);2H,(H2,7,10);1-2H;1H,(H2,7,9);1-2H,(H2,6,8);1-3H3;;2H,1H3;;;/q;;;;;;;;2*-1;;;2*+1. The summed E-state index contributed by atoms with van der Waals surface area (Å²) in [5.74, 6) is 1.32. The molecule has 7 aromatic heterocycles. The van der Waals surface area contributed by atoms with Gasteiger partial charge >= 0.3 is 110 Å². The normalized spacial score (nSPS) is 9.65. The van der Waals surface area contributed by atoms with Gasteiger partial charge in [-0.15, -0.1) is 20.6 Å². The molecule has 0 saturated heterocycles. The number of nitrogens with two attached hydrogens (primary N) is 5. The fourth-order valence-corrected chi connectivity index (χ4v) is 6.35. The molecule has 7 heterocycles. The number of ether oxygens (including phenoxy) is 8. The van der Waals surface area contributed by atoms with Gasteiger partial charge in [0.1, 0.15) is 65.1 Å². The summed E-state index contributed by atoms with van der Waals surface area (Å²) >= 11 is 30.8. The van der Waals surface area contributed by atoms with E-state index in [0.717, 1.165) is 7.11 Å². The third kappa shape index (κ3) is 65.7. The molecule has 0 radical (unpaired) electrons. The summed E-state index contributed by atoms with van der Waals surface area (Å²) in [6.07, 6.45) is 10.6. The van der Waals surface area contributed by atoms with E-state index in [1.165, 1.54) is 77.1 Å². The number of rotatable bonds is 8. The Labute approximate surface area is 747 Å². The van der Waals surface area contributed by atoms with E-state index in [1.54, 1.807) is 105 Å². The van der Waals surface area contributed by atoms with Gasteiger partial charge in [-0.2, -0.15) is 0 Å². The van der Waals surface area contributed by atoms with E-state index in [4.69, 9.17) is 156 Å². The van der Waals surface area contributed by atoms with Crippen molar-refractivity contribution in [3.63, 3.8) is 0 Å². The van der Waals surface area contributed by atoms with Gasteiger partial charge in [-0.1, -0.05) is 98.5 Å². The zero-order chi connectivity index (χ0) is 84.9. The molecule has 0 amide bonds. The molecule has 11 N–H and O–H groups in total. The first-order valence-corrected chi connectivity index (χ1v) is 35.1. The number of aromatic nitrogens is 14. The van der Waals surface area contributed by atoms with E-state index >= 15 is 0 Å². The van der Waals surface area contributed by atoms with Crippen LogP contribution in [0, 0.1) is 35.3 Å². The topological polar surface area (TPSA) is 533 Å². The van der Waals surface area contributed by atoms with Gasteiger partial charge < -0.3 is 103 Å². The van der Waals surface area contributed by atoms with Crippen molar-refractivity contribution in [3.8, 4) is 17.6 Å². The van der Waals surface area contributed by atoms with Crippen molar-refractivity contribution in [2.45, 2.75) is 151 Å². The van der Waals surface area contributed by atoms with Crippen LogP contribution in [-0.4, -0.2) is 156 Å². The molecule has 0 aromatic carbocycles. The van der Waals surface area contributed by atoms with Gasteiger partial charge in [-0.05, 0) is 115 Å². The molecule has 0 spiro atoms. The first-order valence-electron chi connectivity index (χ1n) is 29.4. The zero-order valence-corrected chi connectivity index (χ0v) is 76.2. The van der Waals surface area contributed by atoms with Crippen molar-refractivity contribution in [2.75, 3.05) is 51.4 Å². The molecule has 0 saturated carbocycles. The van der Waals surface area contributed by atoms with E-state index in [1.807, 2.05) is 43.4 Å². The van der Waals surface area contributed by atoms with Crippen LogP contribution in [-0.2, 0) is 69.7 Å². The van der Waals surface area contributed by atoms with Crippen LogP contribution < -0.4 is 99.4 Å². The second-order valence-corrected chi connectivity index (χ2v) is 26.5. The number of aliphatic hydroxyl groups excluding tert-OH is 1. The van der Waals surface area contributed by atoms with Crippen LogP contribution in [0.25, 0.3) is 14.5 Å². The van der Waals surface area contributed by atoms with Crippen molar-refractivity contribution in [1.29, 1.82) is 5.26 Å². The van der Waals surface area contributed by atoms with Crippen LogP contribution in [0.1, 0.15) is 121 Å². The van der Waals surface area contributed by atoms with E-state index in [9.17, 15) is 24.3 Å². The molecule has 110 heavy (non-hydrogen) atoms. The minimum Gasteiger partial charge on any atom is -0.850 e. The second-order valence-electron chi connectivity index (χ2n) is 23.6. The summed E-state index contributed by atoms with van der Waals surface area (Å²) in [5.41, 5.74) is 24.8. The van der Waals surface area contributed by atoms with Crippen LogP contribution in [0.4, 0.5) is 50.3 Å². The molecule has 0 unspecified atom stereocenters. The zero-order valence-electron chi connectivity index (χ0n) is 63.3. The van der Waals surface area contributed by atoms with Gasteiger partial charge in [0, 0.05) is 41.3 Å². The first kappa shape index (κ1) is 116. The molecule has 0 aliphatic rings. The predicted molar refractivity (Wildman–Crippen MR) is 421 cm³/mol. The minimum atomic E-state index is -1.06. The average Bonchev–Trinajstić information content (AvgIpc) is 0.860. The van der Waals surface area contributed by atoms with Crippen LogP contribution >= 0.6 is 111 Å². The van der Waals surface area contributed by atoms with E-state index in [-0.39, 0.29) is 140 Å². The third-order valence-corrected chi connectivity index (χ3v) is 10.7. The molecule has 0 fully saturated rings. The molecule has 7 rings (SSSR count). The summed E-state index contributed by atoms with van der Waals surface area (Å²) < 4.78 is 39.6. The summed E-state index contributed by atoms with van der Waals surface area (Å²) in [4.78, 5) is 108. The average molecular weight is 1960 g/mol. The number of carbonyl (C=O) groups excluding carboxylic acids is 4. The van der Waals surface area contributed by atoms with Crippen LogP contribution in [0.3, 0.4) is 0 Å². The van der Waals surface area contributed by atoms with Crippen LogP contribution in [0.5, 0.6) is 17.6 Å². The summed E-state index contributed by atoms with van der Waals surface area (Å²) in [5, 5.41) is 24.7. The Morgan fingerprint density at radius 2 is 0.791 bits per heavy atom. The first-order chi connectivity index (χ1) is 50.0. The second kappa shape index (κ2) is 62.6. The van der Waals surface area contributed by atoms with Gasteiger partial charge in [0.05, 0.1) is 76.5 Å². The Bertz CT molecular complexity index is 3910. The maximum Gasteiger partial charge on any atom is 1.00 e. The molecule has 37 nitrogen and oxygen atoms in total. The molecule has 0 bridgehead atoms. The summed E-state index contributed by atoms with van der Waals surface area (Å²) in [6.45, 7) is 50.8. The molecule has 602 valence electrons. The quantitative estimate of drug-likeness (QED) is 0.0206. The molecule has 0 aliphatic heterocycles. The number of anilines is 4. The Morgan fingerprint density at radius 3 is 1.09 bits per heavy atom. The largest absolute Gasteiger partial charge is 1.00 e. The van der Waals surface area contributed by atoms with Crippen molar-refractivity contribution in [2.24, 2.45) is 5.73 Å². The van der Waals surface area contributed by atoms with Gasteiger partial charge in [0.15, 0.2) is 34.3 Å². The number of hydrogen-bond donors (Lipinski definition) is 6. The molecule has 0 atom stereocenters. The number of nitrogen functional groups attached to an aromatic ring is 4. The molecular weight excluding hydrogens is 1870 g/mol. The smallest absolute Gasteiger partial charge is 0.850 e. The fraction of sp³-hybridized carbons (Fsp3) is 0.429. The maximum absolute atomic E-state index is 11.6. The van der Waals surface area contributed by atoms with Gasteiger partial charge in [0.2, 0.25) is 17.6 Å². The van der Waals surface area contributed by atoms with Crippen molar-refractivity contribution < 1.29 is 136 Å². The number of esters is 2. The van der Waals surface area contributed by atoms with Crippen LogP contribution in [0.15, 0.2) is 55.8 Å². The van der Waals surface area contributed by atoms with Crippen molar-refractivity contribution in [3.05, 3.63) is 143 Å². The van der Waals surface area contributed by atoms with Crippen LogP contribution in [0.2, 0.25) is 25.8 Å². The maximum atomic E-state index is 11.6. The van der Waals surface area contributed by atoms with Gasteiger partial charge in [0.25, 0.3) is 0 Å². The molecule has 0 aliphatic carbocycles. The number of aliphatic hydroxyl groups is 1. The van der Waals surface area contributed by atoms with Crippen molar-refractivity contribution in [1.82, 2.24) is 69.8 Å². The Hall–Kier alpha value is -6.96. The number of halogens is 8. The molecule has 7 aromatic rings. The monoisotopic (exact) mass is 1950 g/mol. The SMILES string of the molecule is CC(C)(C)OC(=O)OC(=O)OC(C)(C)C.CC(C)(C)[O-].CO.COc1nc(CC(=O)OC(C)(C)C)cnc1CN.ClI.Clc1cncc(Cl)n1.Nc1cnc(I)c(Cl)n1.Nc1cncc(Cl)n1.[C-]#N.[C-]#[N+]c1ncc(CC(=O)OC(C)(C)C)nc1OC.[C-]#[N+]c1ncc(N)nc1Cl.[C-]#[N+]c1ncc(N)nc1OC.[Cu+].[K+]. The van der Waals surface area contributed by atoms with Gasteiger partial charge in [-0.25, -0.2) is 49.5 Å². The minimum absolute atomic E-state index is 0. The van der Waals surface area contributed by atoms with E-state index in [0.29, 0.717) is 58.9 Å².